The molecule has 5 heteroatoms. The molecule has 0 aliphatic heterocycles. The molecule has 3 aromatic carbocycles. The lowest BCUT2D eigenvalue weighted by molar-refractivity contribution is 0.483. The van der Waals surface area contributed by atoms with E-state index in [1.807, 2.05) is 84.2 Å². The summed E-state index contributed by atoms with van der Waals surface area (Å²) >= 11 is 1.42. The van der Waals surface area contributed by atoms with Gasteiger partial charge in [0.05, 0.1) is 11.3 Å². The number of thiazole rings is 1. The first-order chi connectivity index (χ1) is 14.3. The van der Waals surface area contributed by atoms with Crippen LogP contribution in [0.1, 0.15) is 0 Å². The number of nitrogens with zero attached hydrogens (tertiary/aromatic N) is 1. The first-order valence-corrected chi connectivity index (χ1v) is 9.96. The minimum Gasteiger partial charge on any atom is -0.457 e. The predicted octanol–water partition coefficient (Wildman–Crippen LogP) is 6.38. The van der Waals surface area contributed by atoms with Crippen molar-refractivity contribution < 1.29 is 9.15 Å². The Balaban J connectivity index is 1.43. The summed E-state index contributed by atoms with van der Waals surface area (Å²) in [5.41, 5.74) is 2.44. The number of aromatic nitrogens is 1. The van der Waals surface area contributed by atoms with E-state index in [-0.39, 0.29) is 5.63 Å². The third kappa shape index (κ3) is 3.56. The Hall–Kier alpha value is -3.70. The molecule has 0 aliphatic carbocycles. The molecule has 0 N–H and O–H groups in total. The molecule has 0 saturated heterocycles. The van der Waals surface area contributed by atoms with Gasteiger partial charge in [-0.25, -0.2) is 9.78 Å². The predicted molar refractivity (Wildman–Crippen MR) is 116 cm³/mol. The number of para-hydroxylation sites is 2. The van der Waals surface area contributed by atoms with Crippen LogP contribution in [0.2, 0.25) is 0 Å². The minimum absolute atomic E-state index is 0.379. The normalized spacial score (nSPS) is 10.9. The average Bonchev–Trinajstić information content (AvgIpc) is 3.24. The fourth-order valence-electron chi connectivity index (χ4n) is 3.06. The average molecular weight is 397 g/mol. The van der Waals surface area contributed by atoms with Gasteiger partial charge in [0.15, 0.2) is 0 Å². The van der Waals surface area contributed by atoms with E-state index in [9.17, 15) is 4.79 Å². The summed E-state index contributed by atoms with van der Waals surface area (Å²) < 4.78 is 11.3. The molecule has 5 rings (SSSR count). The maximum absolute atomic E-state index is 12.4. The zero-order valence-corrected chi connectivity index (χ0v) is 16.1. The van der Waals surface area contributed by atoms with Crippen molar-refractivity contribution in [3.63, 3.8) is 0 Å². The summed E-state index contributed by atoms with van der Waals surface area (Å²) in [6, 6.07) is 26.7. The molecule has 4 nitrogen and oxygen atoms in total. The first-order valence-electron chi connectivity index (χ1n) is 9.08. The zero-order chi connectivity index (χ0) is 19.6. The summed E-state index contributed by atoms with van der Waals surface area (Å²) in [5, 5.41) is 3.46. The van der Waals surface area contributed by atoms with Gasteiger partial charge >= 0.3 is 5.63 Å². The molecule has 0 unspecified atom stereocenters. The molecule has 0 fully saturated rings. The number of benzene rings is 3. The molecule has 0 aliphatic rings. The number of hydrogen-bond donors (Lipinski definition) is 0. The molecule has 0 amide bonds. The summed E-state index contributed by atoms with van der Waals surface area (Å²) in [5.74, 6) is 1.55. The van der Waals surface area contributed by atoms with Crippen molar-refractivity contribution in [1.82, 2.24) is 4.98 Å². The van der Waals surface area contributed by atoms with E-state index >= 15 is 0 Å². The van der Waals surface area contributed by atoms with Crippen LogP contribution >= 0.6 is 11.3 Å². The van der Waals surface area contributed by atoms with Gasteiger partial charge in [0, 0.05) is 16.3 Å². The number of hydrogen-bond acceptors (Lipinski definition) is 5. The second kappa shape index (κ2) is 7.37. The number of fused-ring (bicyclic) bond motifs is 1. The Morgan fingerprint density at radius 1 is 0.828 bits per heavy atom. The van der Waals surface area contributed by atoms with Crippen LogP contribution < -0.4 is 10.4 Å². The SMILES string of the molecule is O=c1oc2ccccc2cc1-c1nc(-c2ccc(Oc3ccccc3)cc2)cs1. The van der Waals surface area contributed by atoms with Crippen LogP contribution in [-0.4, -0.2) is 4.98 Å². The zero-order valence-electron chi connectivity index (χ0n) is 15.2. The van der Waals surface area contributed by atoms with E-state index in [1.165, 1.54) is 11.3 Å². The Kier molecular flexibility index (Phi) is 4.42. The maximum Gasteiger partial charge on any atom is 0.346 e. The van der Waals surface area contributed by atoms with E-state index in [1.54, 1.807) is 6.07 Å². The second-order valence-corrected chi connectivity index (χ2v) is 7.32. The molecular formula is C24H15NO3S. The van der Waals surface area contributed by atoms with Crippen molar-refractivity contribution in [1.29, 1.82) is 0 Å². The lowest BCUT2D eigenvalue weighted by Gasteiger charge is -2.05. The van der Waals surface area contributed by atoms with Crippen molar-refractivity contribution in [2.24, 2.45) is 0 Å². The third-order valence-corrected chi connectivity index (χ3v) is 5.38. The molecule has 5 aromatic rings. The fourth-order valence-corrected chi connectivity index (χ4v) is 3.89. The highest BCUT2D eigenvalue weighted by atomic mass is 32.1. The smallest absolute Gasteiger partial charge is 0.346 e. The van der Waals surface area contributed by atoms with E-state index in [0.717, 1.165) is 28.1 Å². The maximum atomic E-state index is 12.4. The van der Waals surface area contributed by atoms with Crippen molar-refractivity contribution in [2.75, 3.05) is 0 Å². The molecule has 2 heterocycles. The van der Waals surface area contributed by atoms with Crippen LogP contribution in [0.5, 0.6) is 11.5 Å². The topological polar surface area (TPSA) is 52.3 Å². The molecule has 0 atom stereocenters. The Bertz CT molecular complexity index is 1340. The second-order valence-electron chi connectivity index (χ2n) is 6.46. The summed E-state index contributed by atoms with van der Waals surface area (Å²) in [7, 11) is 0. The molecule has 2 aromatic heterocycles. The molecule has 29 heavy (non-hydrogen) atoms. The minimum atomic E-state index is -0.379. The highest BCUT2D eigenvalue weighted by Crippen LogP contribution is 2.30. The quantitative estimate of drug-likeness (QED) is 0.330. The van der Waals surface area contributed by atoms with Gasteiger partial charge in [-0.05, 0) is 48.5 Å². The summed E-state index contributed by atoms with van der Waals surface area (Å²) in [6.07, 6.45) is 0. The van der Waals surface area contributed by atoms with Crippen LogP contribution in [0.3, 0.4) is 0 Å². The fraction of sp³-hybridized carbons (Fsp3) is 0. The van der Waals surface area contributed by atoms with Gasteiger partial charge in [0.25, 0.3) is 0 Å². The molecular weight excluding hydrogens is 382 g/mol. The number of ether oxygens (including phenoxy) is 1. The lowest BCUT2D eigenvalue weighted by atomic mass is 10.1. The van der Waals surface area contributed by atoms with E-state index < -0.39 is 0 Å². The highest BCUT2D eigenvalue weighted by Gasteiger charge is 2.13. The van der Waals surface area contributed by atoms with Gasteiger partial charge in [-0.3, -0.25) is 0 Å². The van der Waals surface area contributed by atoms with E-state index in [2.05, 4.69) is 4.98 Å². The van der Waals surface area contributed by atoms with Crippen LogP contribution in [0, 0.1) is 0 Å². The van der Waals surface area contributed by atoms with Crippen molar-refractivity contribution in [3.8, 4) is 33.3 Å². The molecule has 140 valence electrons. The summed E-state index contributed by atoms with van der Waals surface area (Å²) in [4.78, 5) is 17.0. The number of rotatable bonds is 4. The molecule has 0 spiro atoms. The van der Waals surface area contributed by atoms with Crippen LogP contribution in [0.4, 0.5) is 0 Å². The first kappa shape index (κ1) is 17.4. The van der Waals surface area contributed by atoms with E-state index in [0.29, 0.717) is 16.2 Å². The Morgan fingerprint density at radius 3 is 2.38 bits per heavy atom. The van der Waals surface area contributed by atoms with Crippen LogP contribution in [0.25, 0.3) is 32.8 Å². The molecule has 0 bridgehead atoms. The molecule has 0 radical (unpaired) electrons. The van der Waals surface area contributed by atoms with Crippen LogP contribution in [0.15, 0.2) is 99.5 Å². The van der Waals surface area contributed by atoms with Crippen molar-refractivity contribution in [3.05, 3.63) is 101 Å². The monoisotopic (exact) mass is 397 g/mol. The van der Waals surface area contributed by atoms with Crippen molar-refractivity contribution >= 4 is 22.3 Å². The van der Waals surface area contributed by atoms with Gasteiger partial charge in [0.2, 0.25) is 0 Å². The largest absolute Gasteiger partial charge is 0.457 e. The van der Waals surface area contributed by atoms with Gasteiger partial charge < -0.3 is 9.15 Å². The van der Waals surface area contributed by atoms with Crippen LogP contribution in [-0.2, 0) is 0 Å². The standard InChI is InChI=1S/C24H15NO3S/c26-24-20(14-17-6-4-5-9-22(17)28-24)23-25-21(15-29-23)16-10-12-19(13-11-16)27-18-7-2-1-3-8-18/h1-15H. The lowest BCUT2D eigenvalue weighted by Crippen LogP contribution is -2.02. The summed E-state index contributed by atoms with van der Waals surface area (Å²) in [6.45, 7) is 0. The highest BCUT2D eigenvalue weighted by molar-refractivity contribution is 7.13. The molecule has 0 saturated carbocycles. The Labute approximate surface area is 170 Å². The van der Waals surface area contributed by atoms with Gasteiger partial charge in [-0.2, -0.15) is 0 Å². The Morgan fingerprint density at radius 2 is 1.55 bits per heavy atom. The van der Waals surface area contributed by atoms with Crippen molar-refractivity contribution in [2.45, 2.75) is 0 Å². The van der Waals surface area contributed by atoms with Gasteiger partial charge in [-0.15, -0.1) is 11.3 Å². The third-order valence-electron chi connectivity index (χ3n) is 4.50. The van der Waals surface area contributed by atoms with Gasteiger partial charge in [-0.1, -0.05) is 36.4 Å². The van der Waals surface area contributed by atoms with E-state index in [4.69, 9.17) is 9.15 Å². The van der Waals surface area contributed by atoms with Gasteiger partial charge in [0.1, 0.15) is 22.1 Å².